The summed E-state index contributed by atoms with van der Waals surface area (Å²) in [4.78, 5) is 0. The highest BCUT2D eigenvalue weighted by Crippen LogP contribution is 2.45. The Hall–Kier alpha value is -5.14. The summed E-state index contributed by atoms with van der Waals surface area (Å²) in [7, 11) is 0. The molecule has 0 fully saturated rings. The maximum absolute atomic E-state index is 9.90. The maximum atomic E-state index is 9.90. The van der Waals surface area contributed by atoms with E-state index in [9.17, 15) is 5.48 Å². The van der Waals surface area contributed by atoms with Gasteiger partial charge in [0.15, 0.2) is 0 Å². The van der Waals surface area contributed by atoms with Crippen LogP contribution in [0.4, 0.5) is 0 Å². The van der Waals surface area contributed by atoms with Crippen molar-refractivity contribution >= 4 is 43.5 Å². The van der Waals surface area contributed by atoms with Gasteiger partial charge in [-0.3, -0.25) is 0 Å². The number of benzene rings is 7. The molecule has 8 rings (SSSR count). The molecule has 1 aromatic heterocycles. The Morgan fingerprint density at radius 2 is 1.03 bits per heavy atom. The molecular weight excluding hydrogens is 472 g/mol. The van der Waals surface area contributed by atoms with Crippen LogP contribution in [0.2, 0.25) is 0 Å². The van der Waals surface area contributed by atoms with E-state index in [1.165, 1.54) is 0 Å². The summed E-state index contributed by atoms with van der Waals surface area (Å²) in [6.45, 7) is 0. The third-order valence-electron chi connectivity index (χ3n) is 6.67. The van der Waals surface area contributed by atoms with Crippen LogP contribution in [-0.4, -0.2) is 0 Å². The average Bonchev–Trinajstić information content (AvgIpc) is 3.57. The van der Waals surface area contributed by atoms with E-state index in [1.54, 1.807) is 36.4 Å². The van der Waals surface area contributed by atoms with Crippen LogP contribution in [0.3, 0.4) is 0 Å². The zero-order chi connectivity index (χ0) is 40.6. The lowest BCUT2D eigenvalue weighted by Gasteiger charge is -2.18. The first-order valence-corrected chi connectivity index (χ1v) is 12.0. The Balaban J connectivity index is 1.76. The second-order valence-electron chi connectivity index (χ2n) is 8.78. The Labute approximate surface area is 250 Å². The lowest BCUT2D eigenvalue weighted by molar-refractivity contribution is 0.670. The molecule has 1 heterocycles. The molecule has 8 aromatic rings. The van der Waals surface area contributed by atoms with Gasteiger partial charge in [0.25, 0.3) is 0 Å². The van der Waals surface area contributed by atoms with Crippen LogP contribution in [0.25, 0.3) is 76.9 Å². The molecule has 0 bridgehead atoms. The molecule has 0 atom stereocenters. The second-order valence-corrected chi connectivity index (χ2v) is 8.78. The van der Waals surface area contributed by atoms with Crippen LogP contribution in [0.15, 0.2) is 150 Å². The summed E-state index contributed by atoms with van der Waals surface area (Å²) < 4.78 is 157. The molecule has 0 aliphatic heterocycles. The quantitative estimate of drug-likeness (QED) is 0.214. The van der Waals surface area contributed by atoms with Gasteiger partial charge in [-0.15, -0.1) is 0 Å². The van der Waals surface area contributed by atoms with Gasteiger partial charge in [-0.05, 0) is 61.5 Å². The van der Waals surface area contributed by atoms with Crippen LogP contribution in [0, 0.1) is 0 Å². The molecule has 0 aliphatic carbocycles. The number of hydrogen-bond acceptors (Lipinski definition) is 1. The van der Waals surface area contributed by atoms with Gasteiger partial charge in [0.2, 0.25) is 0 Å². The zero-order valence-corrected chi connectivity index (χ0v) is 19.9. The Kier molecular flexibility index (Phi) is 2.44. The van der Waals surface area contributed by atoms with Gasteiger partial charge in [-0.1, -0.05) is 133 Å². The molecule has 0 saturated carbocycles. The molecule has 0 saturated heterocycles. The van der Waals surface area contributed by atoms with E-state index < -0.39 is 147 Å². The number of hydrogen-bond donors (Lipinski definition) is 0. The molecule has 0 unspecified atom stereocenters. The molecule has 0 radical (unpaired) electrons. The van der Waals surface area contributed by atoms with Crippen molar-refractivity contribution in [3.63, 3.8) is 0 Å². The fourth-order valence-corrected chi connectivity index (χ4v) is 5.05. The first-order valence-electron chi connectivity index (χ1n) is 20.5. The van der Waals surface area contributed by atoms with Crippen molar-refractivity contribution in [3.05, 3.63) is 145 Å². The molecule has 0 spiro atoms. The lowest BCUT2D eigenvalue weighted by atomic mass is 9.85. The van der Waals surface area contributed by atoms with Gasteiger partial charge < -0.3 is 4.42 Å². The van der Waals surface area contributed by atoms with Crippen LogP contribution in [-0.2, 0) is 0 Å². The second kappa shape index (κ2) is 8.72. The van der Waals surface area contributed by atoms with Gasteiger partial charge in [0.05, 0.1) is 23.3 Å². The molecule has 0 aliphatic rings. The number of rotatable bonds is 3. The number of fused-ring (bicyclic) bond motifs is 5. The summed E-state index contributed by atoms with van der Waals surface area (Å²) in [6, 6.07) is -1.06. The normalized spacial score (nSPS) is 17.7. The molecule has 0 amide bonds. The Morgan fingerprint density at radius 3 is 1.74 bits per heavy atom. The van der Waals surface area contributed by atoms with E-state index in [0.717, 1.165) is 0 Å². The Morgan fingerprint density at radius 1 is 0.436 bits per heavy atom. The van der Waals surface area contributed by atoms with E-state index >= 15 is 0 Å². The Bertz CT molecular complexity index is 3050. The summed E-state index contributed by atoms with van der Waals surface area (Å²) in [5.74, 6) is 0. The molecule has 1 nitrogen and oxygen atoms in total. The molecule has 7 aromatic carbocycles. The fraction of sp³-hybridized carbons (Fsp3) is 0. The third kappa shape index (κ3) is 3.41. The van der Waals surface area contributed by atoms with Crippen LogP contribution in [0.5, 0.6) is 0 Å². The monoisotopic (exact) mass is 513 g/mol. The van der Waals surface area contributed by atoms with Gasteiger partial charge in [-0.25, -0.2) is 0 Å². The predicted molar refractivity (Wildman–Crippen MR) is 165 cm³/mol. The molecule has 0 N–H and O–H groups in total. The minimum atomic E-state index is -0.820. The van der Waals surface area contributed by atoms with E-state index in [2.05, 4.69) is 0 Å². The zero-order valence-electron chi connectivity index (χ0n) is 36.9. The molecule has 182 valence electrons. The minimum absolute atomic E-state index is 0.163. The predicted octanol–water partition coefficient (Wildman–Crippen LogP) is 10.9. The van der Waals surface area contributed by atoms with Crippen molar-refractivity contribution in [3.8, 4) is 33.4 Å². The van der Waals surface area contributed by atoms with Gasteiger partial charge >= 0.3 is 0 Å². The molecule has 39 heavy (non-hydrogen) atoms. The summed E-state index contributed by atoms with van der Waals surface area (Å²) in [5, 5.41) is -0.600. The van der Waals surface area contributed by atoms with Crippen molar-refractivity contribution in [1.82, 2.24) is 0 Å². The fourth-order valence-electron chi connectivity index (χ4n) is 5.05. The van der Waals surface area contributed by atoms with E-state index in [-0.39, 0.29) is 16.7 Å². The van der Waals surface area contributed by atoms with Crippen LogP contribution < -0.4 is 0 Å². The smallest absolute Gasteiger partial charge is 0.143 e. The highest BCUT2D eigenvalue weighted by Gasteiger charge is 2.18. The van der Waals surface area contributed by atoms with Crippen molar-refractivity contribution in [2.24, 2.45) is 0 Å². The molecular formula is C38H24O. The van der Waals surface area contributed by atoms with E-state index in [1.807, 2.05) is 6.07 Å². The van der Waals surface area contributed by atoms with Gasteiger partial charge in [0.1, 0.15) is 11.2 Å². The van der Waals surface area contributed by atoms with Crippen molar-refractivity contribution in [1.29, 1.82) is 0 Å². The topological polar surface area (TPSA) is 13.1 Å². The highest BCUT2D eigenvalue weighted by atomic mass is 16.3. The first kappa shape index (κ1) is 10.9. The van der Waals surface area contributed by atoms with Gasteiger partial charge in [-0.2, -0.15) is 0 Å². The van der Waals surface area contributed by atoms with Crippen LogP contribution >= 0.6 is 0 Å². The standard InChI is InChI=1S/C38H24O/c1-3-12-25(13-4-1)36-30-17-7-8-18-31(30)37(26-14-5-2-6-15-26)34-24-27(22-23-32(34)36)28-19-11-20-33-29-16-9-10-21-35(29)39-38(28)33/h1-24H/i1D,2D,3D,4D,5D,6D,7D,8D,12D,13D,14D,15D,17D,18D,22D,23D,24D. The van der Waals surface area contributed by atoms with Crippen molar-refractivity contribution < 1.29 is 27.7 Å². The summed E-state index contributed by atoms with van der Waals surface area (Å²) in [5.41, 5.74) is -1.48. The van der Waals surface area contributed by atoms with Crippen molar-refractivity contribution in [2.45, 2.75) is 0 Å². The van der Waals surface area contributed by atoms with Gasteiger partial charge in [0, 0.05) is 16.3 Å². The van der Waals surface area contributed by atoms with E-state index in [0.29, 0.717) is 16.4 Å². The molecule has 1 heteroatoms. The highest BCUT2D eigenvalue weighted by molar-refractivity contribution is 6.22. The van der Waals surface area contributed by atoms with Crippen LogP contribution in [0.1, 0.15) is 23.3 Å². The maximum Gasteiger partial charge on any atom is 0.143 e. The first-order chi connectivity index (χ1) is 26.4. The minimum Gasteiger partial charge on any atom is -0.455 e. The SMILES string of the molecule is [2H]c1c([2H])c([2H])c(-c2c3c([2H])c([2H])c([2H])c([2H])c3c(-c3c([2H])c([2H])c([2H])c([2H])c3[2H])c3c([2H])c(-c4cccc5c4oc4ccccc45)c([2H])c([2H])c23)c([2H])c1[2H]. The third-order valence-corrected chi connectivity index (χ3v) is 6.67. The van der Waals surface area contributed by atoms with E-state index in [4.69, 9.17) is 22.2 Å². The average molecular weight is 514 g/mol. The number of furan rings is 1. The summed E-state index contributed by atoms with van der Waals surface area (Å²) in [6.07, 6.45) is 0. The number of para-hydroxylation sites is 2. The lowest BCUT2D eigenvalue weighted by Crippen LogP contribution is -1.91. The van der Waals surface area contributed by atoms with Crippen molar-refractivity contribution in [2.75, 3.05) is 0 Å². The summed E-state index contributed by atoms with van der Waals surface area (Å²) >= 11 is 0. The largest absolute Gasteiger partial charge is 0.455 e.